The molecular weight excluding hydrogens is 866 g/mol. The Kier molecular flexibility index (Phi) is 13.3. The van der Waals surface area contributed by atoms with Crippen LogP contribution in [0.25, 0.3) is 0 Å². The quantitative estimate of drug-likeness (QED) is 0.0931. The van der Waals surface area contributed by atoms with E-state index >= 15 is 43.9 Å². The first-order valence-corrected chi connectivity index (χ1v) is 18.2. The Balaban J connectivity index is 0.000000753. The largest absolute Gasteiger partial charge is 0.394 e. The molecule has 0 bridgehead atoms. The molecule has 0 fully saturated rings. The van der Waals surface area contributed by atoms with Gasteiger partial charge in [-0.1, -0.05) is 18.2 Å². The first-order chi connectivity index (χ1) is 27.3. The minimum absolute atomic E-state index is 0.588. The van der Waals surface area contributed by atoms with E-state index in [1.54, 1.807) is 0 Å². The van der Waals surface area contributed by atoms with Crippen LogP contribution in [-0.2, 0) is 8.85 Å². The highest BCUT2D eigenvalue weighted by Gasteiger charge is 2.53. The topological polar surface area (TPSA) is 22.9 Å². The van der Waals surface area contributed by atoms with Gasteiger partial charge in [0.05, 0.1) is 19.3 Å². The van der Waals surface area contributed by atoms with E-state index in [0.717, 1.165) is 0 Å². The molecule has 0 radical (unpaired) electrons. The fourth-order valence-electron chi connectivity index (χ4n) is 6.36. The smallest absolute Gasteiger partial charge is 0.374 e. The van der Waals surface area contributed by atoms with Crippen LogP contribution in [0.4, 0.5) is 89.1 Å². The molecule has 0 spiro atoms. The SMILES string of the molecule is CO[Si](C)(OC)c1c(F)c(F)c([B-](c2c(F)c(F)c(F)c(F)c2F)(c2c(F)c(F)c(F)c(F)c2F)c2c(F)c(F)c(F)c(F)c2F)c(F)c1F.C[NH+](C)c1ccccc1. The Hall–Kier alpha value is -5.07. The average Bonchev–Trinajstić information content (AvgIpc) is 3.21. The van der Waals surface area contributed by atoms with E-state index in [4.69, 9.17) is 8.85 Å². The van der Waals surface area contributed by atoms with Crippen molar-refractivity contribution in [1.82, 2.24) is 0 Å². The Morgan fingerprint density at radius 2 is 0.593 bits per heavy atom. The van der Waals surface area contributed by atoms with Crippen molar-refractivity contribution >= 4 is 47.4 Å². The number of hydrogen-bond acceptors (Lipinski definition) is 2. The zero-order valence-corrected chi connectivity index (χ0v) is 31.0. The predicted molar refractivity (Wildman–Crippen MR) is 173 cm³/mol. The monoisotopic (exact) mass is 887 g/mol. The maximum Gasteiger partial charge on any atom is 0.374 e. The van der Waals surface area contributed by atoms with E-state index in [9.17, 15) is 39.5 Å². The summed E-state index contributed by atoms with van der Waals surface area (Å²) in [6.45, 7) is 0.601. The van der Waals surface area contributed by atoms with Gasteiger partial charge in [0.25, 0.3) is 0 Å². The summed E-state index contributed by atoms with van der Waals surface area (Å²) in [5.41, 5.74) is -12.6. The fraction of sp³-hybridized carbons (Fsp3) is 0.143. The molecule has 0 heterocycles. The third-order valence-corrected chi connectivity index (χ3v) is 12.3. The summed E-state index contributed by atoms with van der Waals surface area (Å²) in [5.74, 6) is -65.7. The van der Waals surface area contributed by atoms with E-state index in [2.05, 4.69) is 38.4 Å². The van der Waals surface area contributed by atoms with Gasteiger partial charge >= 0.3 is 8.56 Å². The lowest BCUT2D eigenvalue weighted by Crippen LogP contribution is -3.00. The number of quaternary nitrogens is 1. The van der Waals surface area contributed by atoms with E-state index in [0.29, 0.717) is 20.8 Å². The second kappa shape index (κ2) is 16.9. The summed E-state index contributed by atoms with van der Waals surface area (Å²) in [5, 5.41) is -2.00. The van der Waals surface area contributed by atoms with Crippen molar-refractivity contribution in [3.05, 3.63) is 141 Å². The highest BCUT2D eigenvalue weighted by atomic mass is 28.4. The number of benzene rings is 5. The molecule has 3 nitrogen and oxygen atoms in total. The van der Waals surface area contributed by atoms with Gasteiger partial charge in [-0.25, -0.2) is 83.4 Å². The molecular formula is C35H21BF19NO2Si. The Bertz CT molecular complexity index is 2200. The first kappa shape index (κ1) is 46.6. The van der Waals surface area contributed by atoms with Crippen LogP contribution in [0.1, 0.15) is 0 Å². The lowest BCUT2D eigenvalue weighted by molar-refractivity contribution is -0.786. The molecule has 0 aliphatic carbocycles. The van der Waals surface area contributed by atoms with Gasteiger partial charge in [0, 0.05) is 14.2 Å². The van der Waals surface area contributed by atoms with Crippen molar-refractivity contribution in [2.45, 2.75) is 6.55 Å². The highest BCUT2D eigenvalue weighted by molar-refractivity contribution is 7.20. The third-order valence-electron chi connectivity index (χ3n) is 9.34. The van der Waals surface area contributed by atoms with Crippen molar-refractivity contribution in [3.8, 4) is 0 Å². The highest BCUT2D eigenvalue weighted by Crippen LogP contribution is 2.30. The van der Waals surface area contributed by atoms with Gasteiger partial charge < -0.3 is 13.8 Å². The van der Waals surface area contributed by atoms with Crippen LogP contribution < -0.4 is 31.9 Å². The number of nitrogens with one attached hydrogen (secondary N) is 1. The van der Waals surface area contributed by atoms with Crippen LogP contribution in [-0.4, -0.2) is 43.0 Å². The molecule has 24 heteroatoms. The summed E-state index contributed by atoms with van der Waals surface area (Å²) in [7, 11) is 0.554. The molecule has 1 N–H and O–H groups in total. The van der Waals surface area contributed by atoms with Gasteiger partial charge in [0.15, 0.2) is 64.0 Å². The molecule has 0 aliphatic heterocycles. The van der Waals surface area contributed by atoms with Gasteiger partial charge in [-0.05, 0) is 18.7 Å². The van der Waals surface area contributed by atoms with Gasteiger partial charge in [-0.3, -0.25) is 0 Å². The lowest BCUT2D eigenvalue weighted by Gasteiger charge is -2.45. The fourth-order valence-corrected chi connectivity index (χ4v) is 7.95. The second-order valence-electron chi connectivity index (χ2n) is 12.6. The first-order valence-electron chi connectivity index (χ1n) is 15.9. The summed E-state index contributed by atoms with van der Waals surface area (Å²) >= 11 is 0. The number of para-hydroxylation sites is 1. The Morgan fingerprint density at radius 1 is 0.373 bits per heavy atom. The maximum absolute atomic E-state index is 16.3. The minimum atomic E-state index is -7.17. The molecule has 5 aromatic rings. The van der Waals surface area contributed by atoms with Crippen molar-refractivity contribution in [3.63, 3.8) is 0 Å². The Labute approximate surface area is 320 Å². The molecule has 0 aliphatic rings. The van der Waals surface area contributed by atoms with Gasteiger partial charge in [0.1, 0.15) is 58.4 Å². The van der Waals surface area contributed by atoms with Crippen molar-refractivity contribution in [2.75, 3.05) is 28.3 Å². The number of halogens is 19. The summed E-state index contributed by atoms with van der Waals surface area (Å²) < 4.78 is 299. The molecule has 5 aromatic carbocycles. The van der Waals surface area contributed by atoms with Gasteiger partial charge in [-0.15, -0.1) is 21.9 Å². The van der Waals surface area contributed by atoms with E-state index in [1.807, 2.05) is 6.07 Å². The van der Waals surface area contributed by atoms with Gasteiger partial charge in [-0.2, -0.15) is 0 Å². The van der Waals surface area contributed by atoms with Crippen LogP contribution in [0.2, 0.25) is 6.55 Å². The molecule has 59 heavy (non-hydrogen) atoms. The summed E-state index contributed by atoms with van der Waals surface area (Å²) in [4.78, 5) is 1.37. The minimum Gasteiger partial charge on any atom is -0.394 e. The molecule has 318 valence electrons. The van der Waals surface area contributed by atoms with Crippen molar-refractivity contribution in [1.29, 1.82) is 0 Å². The van der Waals surface area contributed by atoms with Crippen LogP contribution in [0.3, 0.4) is 0 Å². The molecule has 5 rings (SSSR count). The molecule has 0 saturated heterocycles. The molecule has 0 atom stereocenters. The van der Waals surface area contributed by atoms with Crippen molar-refractivity contribution < 1.29 is 97.2 Å². The molecule has 0 saturated carbocycles. The third kappa shape index (κ3) is 7.11. The zero-order valence-electron chi connectivity index (χ0n) is 30.0. The molecule has 0 amide bonds. The van der Waals surface area contributed by atoms with Crippen LogP contribution in [0, 0.1) is 111 Å². The van der Waals surface area contributed by atoms with Crippen molar-refractivity contribution in [2.24, 2.45) is 0 Å². The number of hydrogen-bond donors (Lipinski definition) is 1. The van der Waals surface area contributed by atoms with E-state index in [-0.39, 0.29) is 0 Å². The zero-order chi connectivity index (χ0) is 45.0. The van der Waals surface area contributed by atoms with E-state index < -0.39 is 152 Å². The average molecular weight is 887 g/mol. The maximum atomic E-state index is 16.3. The summed E-state index contributed by atoms with van der Waals surface area (Å²) in [6, 6.07) is 10.4. The Morgan fingerprint density at radius 3 is 0.797 bits per heavy atom. The van der Waals surface area contributed by atoms with Gasteiger partial charge in [0.2, 0.25) is 0 Å². The van der Waals surface area contributed by atoms with Crippen LogP contribution in [0.15, 0.2) is 30.3 Å². The molecule has 0 aromatic heterocycles. The standard InChI is InChI=1S/C27H9BF19O2Si.C8H11N/c1-48-50(3,49-2)27-25(46)14(35)7(15(36)26(27)47)28(4-8(29)16(37)22(43)17(38)9(4)30,5-10(31)18(39)23(44)19(40)11(5)32)6-12(33)20(41)24(45)21(42)13(6)34;1-9(2)8-6-4-3-5-7-8/h1-3H3;3-7H,1-2H3/q-1;/p+1. The second-order valence-corrected chi connectivity index (χ2v) is 15.8. The lowest BCUT2D eigenvalue weighted by atomic mass is 9.12. The predicted octanol–water partition coefficient (Wildman–Crippen LogP) is 5.74. The van der Waals surface area contributed by atoms with Crippen LogP contribution >= 0.6 is 0 Å². The van der Waals surface area contributed by atoms with E-state index in [1.165, 1.54) is 10.6 Å². The number of rotatable bonds is 8. The summed E-state index contributed by atoms with van der Waals surface area (Å²) in [6.07, 6.45) is -7.17. The van der Waals surface area contributed by atoms with Crippen LogP contribution in [0.5, 0.6) is 0 Å². The molecule has 0 unspecified atom stereocenters. The normalized spacial score (nSPS) is 12.0.